The first-order chi connectivity index (χ1) is 14.6. The second-order valence-corrected chi connectivity index (χ2v) is 7.97. The van der Waals surface area contributed by atoms with E-state index in [2.05, 4.69) is 42.2 Å². The first-order valence-corrected chi connectivity index (χ1v) is 10.4. The standard InChI is InChI=1S/C25H27N3O2/c1-17-6-7-19-12-21(16-28-10-4-5-18(14-26)15-28)25(27-22(19)11-17)20-8-9-23(29-2)24(13-20)30-3/h6-9,11-13,18H,4-5,10,15-16H2,1-3H3. The van der Waals surface area contributed by atoms with Gasteiger partial charge in [-0.05, 0) is 67.8 Å². The molecule has 0 saturated carbocycles. The normalized spacial score (nSPS) is 16.9. The molecule has 30 heavy (non-hydrogen) atoms. The maximum Gasteiger partial charge on any atom is 0.161 e. The number of nitriles is 1. The fourth-order valence-electron chi connectivity index (χ4n) is 4.22. The van der Waals surface area contributed by atoms with Crippen molar-refractivity contribution in [3.63, 3.8) is 0 Å². The lowest BCUT2D eigenvalue weighted by molar-refractivity contribution is 0.192. The van der Waals surface area contributed by atoms with Gasteiger partial charge >= 0.3 is 0 Å². The highest BCUT2D eigenvalue weighted by Crippen LogP contribution is 2.35. The predicted octanol–water partition coefficient (Wildman–Crippen LogP) is 4.96. The molecular weight excluding hydrogens is 374 g/mol. The quantitative estimate of drug-likeness (QED) is 0.605. The van der Waals surface area contributed by atoms with Gasteiger partial charge in [-0.2, -0.15) is 5.26 Å². The number of likely N-dealkylation sites (tertiary alicyclic amines) is 1. The molecule has 1 saturated heterocycles. The number of hydrogen-bond donors (Lipinski definition) is 0. The summed E-state index contributed by atoms with van der Waals surface area (Å²) >= 11 is 0. The smallest absolute Gasteiger partial charge is 0.161 e. The van der Waals surface area contributed by atoms with Crippen LogP contribution in [0.15, 0.2) is 42.5 Å². The third-order valence-corrected chi connectivity index (χ3v) is 5.79. The van der Waals surface area contributed by atoms with E-state index >= 15 is 0 Å². The highest BCUT2D eigenvalue weighted by Gasteiger charge is 2.21. The molecule has 1 aliphatic rings. The highest BCUT2D eigenvalue weighted by atomic mass is 16.5. The van der Waals surface area contributed by atoms with E-state index in [0.717, 1.165) is 60.2 Å². The molecule has 0 amide bonds. The van der Waals surface area contributed by atoms with E-state index in [1.807, 2.05) is 18.2 Å². The monoisotopic (exact) mass is 401 g/mol. The number of methoxy groups -OCH3 is 2. The van der Waals surface area contributed by atoms with Crippen molar-refractivity contribution in [2.24, 2.45) is 5.92 Å². The second kappa shape index (κ2) is 8.73. The Labute approximate surface area is 177 Å². The van der Waals surface area contributed by atoms with Crippen LogP contribution < -0.4 is 9.47 Å². The van der Waals surface area contributed by atoms with Gasteiger partial charge in [-0.15, -0.1) is 0 Å². The molecule has 2 aromatic carbocycles. The predicted molar refractivity (Wildman–Crippen MR) is 119 cm³/mol. The average molecular weight is 402 g/mol. The molecule has 1 aliphatic heterocycles. The minimum atomic E-state index is 0.111. The molecule has 5 nitrogen and oxygen atoms in total. The molecule has 0 bridgehead atoms. The van der Waals surface area contributed by atoms with E-state index in [0.29, 0.717) is 11.5 Å². The number of hydrogen-bond acceptors (Lipinski definition) is 5. The minimum absolute atomic E-state index is 0.111. The maximum absolute atomic E-state index is 9.37. The number of ether oxygens (including phenoxy) is 2. The third kappa shape index (κ3) is 4.10. The van der Waals surface area contributed by atoms with Gasteiger partial charge in [0.2, 0.25) is 0 Å². The lowest BCUT2D eigenvalue weighted by Gasteiger charge is -2.30. The number of aryl methyl sites for hydroxylation is 1. The SMILES string of the molecule is COc1ccc(-c2nc3cc(C)ccc3cc2CN2CCCC(C#N)C2)cc1OC. The molecule has 1 aromatic heterocycles. The topological polar surface area (TPSA) is 58.4 Å². The van der Waals surface area contributed by atoms with Crippen molar-refractivity contribution in [1.29, 1.82) is 5.26 Å². The van der Waals surface area contributed by atoms with Gasteiger partial charge in [-0.3, -0.25) is 4.90 Å². The fourth-order valence-corrected chi connectivity index (χ4v) is 4.22. The van der Waals surface area contributed by atoms with Gasteiger partial charge in [0.15, 0.2) is 11.5 Å². The van der Waals surface area contributed by atoms with E-state index < -0.39 is 0 Å². The molecule has 5 heteroatoms. The molecule has 0 N–H and O–H groups in total. The fraction of sp³-hybridized carbons (Fsp3) is 0.360. The number of benzene rings is 2. The Hall–Kier alpha value is -3.10. The van der Waals surface area contributed by atoms with Crippen molar-refractivity contribution in [2.75, 3.05) is 27.3 Å². The summed E-state index contributed by atoms with van der Waals surface area (Å²) in [5, 5.41) is 10.5. The molecule has 3 aromatic rings. The summed E-state index contributed by atoms with van der Waals surface area (Å²) in [5.41, 5.74) is 5.29. The van der Waals surface area contributed by atoms with Crippen molar-refractivity contribution in [3.05, 3.63) is 53.6 Å². The first-order valence-electron chi connectivity index (χ1n) is 10.4. The number of piperidine rings is 1. The van der Waals surface area contributed by atoms with Gasteiger partial charge in [0.1, 0.15) is 0 Å². The van der Waals surface area contributed by atoms with Crippen LogP contribution in [0.4, 0.5) is 0 Å². The van der Waals surface area contributed by atoms with Gasteiger partial charge in [0, 0.05) is 24.0 Å². The molecule has 1 atom stereocenters. The average Bonchev–Trinajstić information content (AvgIpc) is 2.78. The largest absolute Gasteiger partial charge is 0.493 e. The van der Waals surface area contributed by atoms with Gasteiger partial charge in [-0.25, -0.2) is 4.98 Å². The molecule has 0 aliphatic carbocycles. The van der Waals surface area contributed by atoms with E-state index in [-0.39, 0.29) is 5.92 Å². The third-order valence-electron chi connectivity index (χ3n) is 5.79. The summed E-state index contributed by atoms with van der Waals surface area (Å²) in [6, 6.07) is 17.0. The summed E-state index contributed by atoms with van der Waals surface area (Å²) in [7, 11) is 3.29. The Morgan fingerprint density at radius 2 is 1.93 bits per heavy atom. The molecule has 4 rings (SSSR count). The lowest BCUT2D eigenvalue weighted by Crippen LogP contribution is -2.34. The molecule has 1 fully saturated rings. The highest BCUT2D eigenvalue weighted by molar-refractivity contribution is 5.84. The minimum Gasteiger partial charge on any atom is -0.493 e. The van der Waals surface area contributed by atoms with Crippen molar-refractivity contribution in [3.8, 4) is 28.8 Å². The van der Waals surface area contributed by atoms with E-state index in [9.17, 15) is 5.26 Å². The van der Waals surface area contributed by atoms with Crippen LogP contribution in [0.2, 0.25) is 0 Å². The van der Waals surface area contributed by atoms with Gasteiger partial charge in [0.05, 0.1) is 37.4 Å². The Bertz CT molecular complexity index is 1100. The maximum atomic E-state index is 9.37. The molecule has 0 spiro atoms. The van der Waals surface area contributed by atoms with Crippen LogP contribution in [0.25, 0.3) is 22.2 Å². The zero-order valence-electron chi connectivity index (χ0n) is 17.8. The van der Waals surface area contributed by atoms with Gasteiger partial charge in [0.25, 0.3) is 0 Å². The van der Waals surface area contributed by atoms with Gasteiger partial charge in [-0.1, -0.05) is 12.1 Å². The zero-order valence-corrected chi connectivity index (χ0v) is 17.8. The van der Waals surface area contributed by atoms with Crippen LogP contribution in [0.1, 0.15) is 24.0 Å². The Balaban J connectivity index is 1.80. The molecule has 0 radical (unpaired) electrons. The molecule has 154 valence electrons. The van der Waals surface area contributed by atoms with Crippen LogP contribution in [0, 0.1) is 24.2 Å². The van der Waals surface area contributed by atoms with Crippen molar-refractivity contribution in [2.45, 2.75) is 26.3 Å². The summed E-state index contributed by atoms with van der Waals surface area (Å²) in [5.74, 6) is 1.50. The summed E-state index contributed by atoms with van der Waals surface area (Å²) in [4.78, 5) is 7.43. The van der Waals surface area contributed by atoms with Crippen LogP contribution in [-0.2, 0) is 6.54 Å². The van der Waals surface area contributed by atoms with E-state index in [1.165, 1.54) is 5.56 Å². The van der Waals surface area contributed by atoms with E-state index in [4.69, 9.17) is 14.5 Å². The lowest BCUT2D eigenvalue weighted by atomic mass is 9.97. The second-order valence-electron chi connectivity index (χ2n) is 7.97. The number of fused-ring (bicyclic) bond motifs is 1. The van der Waals surface area contributed by atoms with Crippen LogP contribution in [0.3, 0.4) is 0 Å². The van der Waals surface area contributed by atoms with Crippen molar-refractivity contribution in [1.82, 2.24) is 9.88 Å². The number of nitrogens with zero attached hydrogens (tertiary/aromatic N) is 3. The molecular formula is C25H27N3O2. The van der Waals surface area contributed by atoms with Crippen LogP contribution in [-0.4, -0.2) is 37.2 Å². The number of aromatic nitrogens is 1. The number of pyridine rings is 1. The van der Waals surface area contributed by atoms with Crippen molar-refractivity contribution < 1.29 is 9.47 Å². The Morgan fingerprint density at radius 3 is 2.70 bits per heavy atom. The molecule has 2 heterocycles. The molecule has 1 unspecified atom stereocenters. The van der Waals surface area contributed by atoms with Crippen molar-refractivity contribution >= 4 is 10.9 Å². The summed E-state index contributed by atoms with van der Waals surface area (Å²) in [6.45, 7) is 4.68. The summed E-state index contributed by atoms with van der Waals surface area (Å²) in [6.07, 6.45) is 2.05. The Kier molecular flexibility index (Phi) is 5.87. The first kappa shape index (κ1) is 20.2. The number of rotatable bonds is 5. The van der Waals surface area contributed by atoms with E-state index in [1.54, 1.807) is 14.2 Å². The summed E-state index contributed by atoms with van der Waals surface area (Å²) < 4.78 is 10.9. The Morgan fingerprint density at radius 1 is 1.10 bits per heavy atom. The van der Waals surface area contributed by atoms with Crippen LogP contribution in [0.5, 0.6) is 11.5 Å². The zero-order chi connectivity index (χ0) is 21.1. The van der Waals surface area contributed by atoms with Gasteiger partial charge < -0.3 is 9.47 Å². The van der Waals surface area contributed by atoms with Crippen LogP contribution >= 0.6 is 0 Å².